The lowest BCUT2D eigenvalue weighted by Gasteiger charge is -2.21. The van der Waals surface area contributed by atoms with Crippen LogP contribution in [0.2, 0.25) is 5.02 Å². The van der Waals surface area contributed by atoms with E-state index in [4.69, 9.17) is 16.1 Å². The van der Waals surface area contributed by atoms with E-state index in [0.717, 1.165) is 50.3 Å². The highest BCUT2D eigenvalue weighted by Gasteiger charge is 2.18. The molecule has 0 N–H and O–H groups in total. The van der Waals surface area contributed by atoms with E-state index >= 15 is 0 Å². The Labute approximate surface area is 168 Å². The highest BCUT2D eigenvalue weighted by molar-refractivity contribution is 6.30. The van der Waals surface area contributed by atoms with Gasteiger partial charge in [-0.15, -0.1) is 0 Å². The number of hydrogen-bond acceptors (Lipinski definition) is 5. The SMILES string of the molecule is Fc1ccc(CN2CCCN(Cc3noc(-c4ccccc4)n3)CC2)cc1Cl. The zero-order chi connectivity index (χ0) is 19.3. The molecule has 2 aromatic carbocycles. The third-order valence-electron chi connectivity index (χ3n) is 4.93. The Kier molecular flexibility index (Phi) is 6.00. The van der Waals surface area contributed by atoms with Gasteiger partial charge >= 0.3 is 0 Å². The van der Waals surface area contributed by atoms with Gasteiger partial charge in [0.25, 0.3) is 5.89 Å². The van der Waals surface area contributed by atoms with E-state index < -0.39 is 0 Å². The monoisotopic (exact) mass is 400 g/mol. The smallest absolute Gasteiger partial charge is 0.257 e. The highest BCUT2D eigenvalue weighted by atomic mass is 35.5. The maximum atomic E-state index is 13.3. The minimum absolute atomic E-state index is 0.181. The Hall–Kier alpha value is -2.28. The molecule has 5 nitrogen and oxygen atoms in total. The molecule has 0 saturated carbocycles. The number of aromatic nitrogens is 2. The van der Waals surface area contributed by atoms with Crippen LogP contribution in [0.15, 0.2) is 53.1 Å². The van der Waals surface area contributed by atoms with Gasteiger partial charge in [0.2, 0.25) is 0 Å². The summed E-state index contributed by atoms with van der Waals surface area (Å²) in [6.07, 6.45) is 1.05. The zero-order valence-corrected chi connectivity index (χ0v) is 16.3. The molecule has 1 aliphatic rings. The highest BCUT2D eigenvalue weighted by Crippen LogP contribution is 2.19. The fraction of sp³-hybridized carbons (Fsp3) is 0.333. The van der Waals surface area contributed by atoms with Crippen molar-refractivity contribution in [2.75, 3.05) is 26.2 Å². The van der Waals surface area contributed by atoms with Crippen LogP contribution in [0, 0.1) is 5.82 Å². The molecule has 0 spiro atoms. The van der Waals surface area contributed by atoms with E-state index in [1.165, 1.54) is 6.07 Å². The average molecular weight is 401 g/mol. The maximum Gasteiger partial charge on any atom is 0.257 e. The van der Waals surface area contributed by atoms with Gasteiger partial charge in [0.05, 0.1) is 11.6 Å². The predicted molar refractivity (Wildman–Crippen MR) is 106 cm³/mol. The normalized spacial score (nSPS) is 16.2. The quantitative estimate of drug-likeness (QED) is 0.641. The molecule has 3 aromatic rings. The van der Waals surface area contributed by atoms with Gasteiger partial charge < -0.3 is 4.52 Å². The number of nitrogens with zero attached hydrogens (tertiary/aromatic N) is 4. The summed E-state index contributed by atoms with van der Waals surface area (Å²) in [6.45, 7) is 5.27. The molecule has 28 heavy (non-hydrogen) atoms. The third kappa shape index (κ3) is 4.76. The number of benzene rings is 2. The lowest BCUT2D eigenvalue weighted by atomic mass is 10.2. The number of hydrogen-bond donors (Lipinski definition) is 0. The lowest BCUT2D eigenvalue weighted by Crippen LogP contribution is -2.30. The van der Waals surface area contributed by atoms with Gasteiger partial charge in [-0.05, 0) is 49.3 Å². The van der Waals surface area contributed by atoms with Crippen LogP contribution in [0.4, 0.5) is 4.39 Å². The van der Waals surface area contributed by atoms with Gasteiger partial charge in [-0.1, -0.05) is 41.0 Å². The summed E-state index contributed by atoms with van der Waals surface area (Å²) in [5.74, 6) is 0.889. The van der Waals surface area contributed by atoms with Crippen LogP contribution < -0.4 is 0 Å². The molecular formula is C21H22ClFN4O. The standard InChI is InChI=1S/C21H22ClFN4O/c22-18-13-16(7-8-19(18)23)14-26-9-4-10-27(12-11-26)15-20-24-21(28-25-20)17-5-2-1-3-6-17/h1-3,5-8,13H,4,9-12,14-15H2. The zero-order valence-electron chi connectivity index (χ0n) is 15.5. The summed E-state index contributed by atoms with van der Waals surface area (Å²) < 4.78 is 18.7. The van der Waals surface area contributed by atoms with Gasteiger partial charge in [-0.2, -0.15) is 4.98 Å². The molecule has 4 rings (SSSR count). The van der Waals surface area contributed by atoms with Crippen molar-refractivity contribution in [2.45, 2.75) is 19.5 Å². The molecule has 1 fully saturated rings. The fourth-order valence-electron chi connectivity index (χ4n) is 3.45. The third-order valence-corrected chi connectivity index (χ3v) is 5.21. The topological polar surface area (TPSA) is 45.4 Å². The number of halogens is 2. The van der Waals surface area contributed by atoms with E-state index in [1.54, 1.807) is 12.1 Å². The van der Waals surface area contributed by atoms with Crippen LogP contribution in [0.3, 0.4) is 0 Å². The molecule has 1 aliphatic heterocycles. The van der Waals surface area contributed by atoms with Crippen molar-refractivity contribution in [2.24, 2.45) is 0 Å². The van der Waals surface area contributed by atoms with Crippen LogP contribution in [-0.2, 0) is 13.1 Å². The summed E-state index contributed by atoms with van der Waals surface area (Å²) >= 11 is 5.90. The molecule has 0 unspecified atom stereocenters. The second kappa shape index (κ2) is 8.82. The van der Waals surface area contributed by atoms with Crippen molar-refractivity contribution in [3.63, 3.8) is 0 Å². The molecule has 0 bridgehead atoms. The van der Waals surface area contributed by atoms with E-state index in [2.05, 4.69) is 19.9 Å². The van der Waals surface area contributed by atoms with Gasteiger partial charge in [-0.25, -0.2) is 4.39 Å². The number of rotatable bonds is 5. The van der Waals surface area contributed by atoms with Crippen molar-refractivity contribution in [3.8, 4) is 11.5 Å². The van der Waals surface area contributed by atoms with Gasteiger partial charge in [-0.3, -0.25) is 9.80 Å². The molecule has 7 heteroatoms. The lowest BCUT2D eigenvalue weighted by molar-refractivity contribution is 0.241. The summed E-state index contributed by atoms with van der Waals surface area (Å²) in [7, 11) is 0. The van der Waals surface area contributed by atoms with Crippen LogP contribution in [-0.4, -0.2) is 46.1 Å². The summed E-state index contributed by atoms with van der Waals surface area (Å²) in [6, 6.07) is 14.7. The second-order valence-electron chi connectivity index (χ2n) is 7.04. The molecule has 0 atom stereocenters. The van der Waals surface area contributed by atoms with Crippen LogP contribution in [0.1, 0.15) is 17.8 Å². The van der Waals surface area contributed by atoms with Crippen LogP contribution in [0.25, 0.3) is 11.5 Å². The summed E-state index contributed by atoms with van der Waals surface area (Å²) in [5, 5.41) is 4.31. The first-order valence-electron chi connectivity index (χ1n) is 9.44. The van der Waals surface area contributed by atoms with Crippen LogP contribution >= 0.6 is 11.6 Å². The summed E-state index contributed by atoms with van der Waals surface area (Å²) in [4.78, 5) is 9.24. The van der Waals surface area contributed by atoms with Crippen molar-refractivity contribution in [3.05, 3.63) is 70.8 Å². The Balaban J connectivity index is 1.33. The molecule has 0 amide bonds. The molecule has 1 saturated heterocycles. The molecule has 146 valence electrons. The van der Waals surface area contributed by atoms with E-state index in [-0.39, 0.29) is 10.8 Å². The van der Waals surface area contributed by atoms with E-state index in [1.807, 2.05) is 30.3 Å². The minimum atomic E-state index is -0.373. The van der Waals surface area contributed by atoms with Crippen molar-refractivity contribution >= 4 is 11.6 Å². The van der Waals surface area contributed by atoms with Crippen molar-refractivity contribution < 1.29 is 8.91 Å². The Morgan fingerprint density at radius 3 is 2.46 bits per heavy atom. The van der Waals surface area contributed by atoms with E-state index in [0.29, 0.717) is 18.3 Å². The molecule has 0 aliphatic carbocycles. The maximum absolute atomic E-state index is 13.3. The summed E-state index contributed by atoms with van der Waals surface area (Å²) in [5.41, 5.74) is 1.96. The van der Waals surface area contributed by atoms with Gasteiger partial charge in [0.1, 0.15) is 5.82 Å². The van der Waals surface area contributed by atoms with Crippen LogP contribution in [0.5, 0.6) is 0 Å². The Morgan fingerprint density at radius 1 is 0.964 bits per heavy atom. The molecule has 2 heterocycles. The fourth-order valence-corrected chi connectivity index (χ4v) is 3.66. The average Bonchev–Trinajstić information content (AvgIpc) is 3.06. The predicted octanol–water partition coefficient (Wildman–Crippen LogP) is 4.24. The Morgan fingerprint density at radius 2 is 1.71 bits per heavy atom. The van der Waals surface area contributed by atoms with Gasteiger partial charge in [0.15, 0.2) is 5.82 Å². The van der Waals surface area contributed by atoms with Crippen molar-refractivity contribution in [1.29, 1.82) is 0 Å². The largest absolute Gasteiger partial charge is 0.334 e. The second-order valence-corrected chi connectivity index (χ2v) is 7.44. The molecule has 0 radical (unpaired) electrons. The Bertz CT molecular complexity index is 918. The van der Waals surface area contributed by atoms with E-state index in [9.17, 15) is 4.39 Å². The van der Waals surface area contributed by atoms with Crippen molar-refractivity contribution in [1.82, 2.24) is 19.9 Å². The first kappa shape index (κ1) is 19.1. The molecule has 1 aromatic heterocycles. The minimum Gasteiger partial charge on any atom is -0.334 e. The first-order chi connectivity index (χ1) is 13.7. The molecular weight excluding hydrogens is 379 g/mol. The first-order valence-corrected chi connectivity index (χ1v) is 9.82. The van der Waals surface area contributed by atoms with Gasteiger partial charge in [0, 0.05) is 25.2 Å².